The van der Waals surface area contributed by atoms with Crippen molar-refractivity contribution in [2.75, 3.05) is 4.90 Å². The van der Waals surface area contributed by atoms with Gasteiger partial charge in [0.25, 0.3) is 0 Å². The zero-order chi connectivity index (χ0) is 20.1. The predicted molar refractivity (Wildman–Crippen MR) is 113 cm³/mol. The fourth-order valence-corrected chi connectivity index (χ4v) is 4.88. The lowest BCUT2D eigenvalue weighted by atomic mass is 9.69. The summed E-state index contributed by atoms with van der Waals surface area (Å²) in [6.45, 7) is 4.14. The van der Waals surface area contributed by atoms with Gasteiger partial charge in [0.1, 0.15) is 0 Å². The average molecular weight is 414 g/mol. The molecule has 1 amide bonds. The van der Waals surface area contributed by atoms with E-state index in [2.05, 4.69) is 13.8 Å². The van der Waals surface area contributed by atoms with Gasteiger partial charge < -0.3 is 0 Å². The first kappa shape index (κ1) is 19.2. The highest BCUT2D eigenvalue weighted by Gasteiger charge is 2.44. The maximum atomic E-state index is 13.2. The number of benzene rings is 2. The zero-order valence-corrected chi connectivity index (χ0v) is 17.3. The molecule has 0 spiro atoms. The Labute approximate surface area is 174 Å². The van der Waals surface area contributed by atoms with E-state index in [4.69, 9.17) is 23.2 Å². The molecule has 28 heavy (non-hydrogen) atoms. The molecule has 0 bridgehead atoms. The third kappa shape index (κ3) is 3.38. The normalized spacial score (nSPS) is 21.7. The Balaban J connectivity index is 1.92. The van der Waals surface area contributed by atoms with Crippen LogP contribution in [0, 0.1) is 5.41 Å². The van der Waals surface area contributed by atoms with Crippen LogP contribution in [0.1, 0.15) is 44.6 Å². The SMILES string of the molecule is CC1(C)CC(=O)C2=C(C1)N(c1ccccc1)C(=O)C[C@H]2c1ccc(Cl)cc1Cl. The molecule has 0 saturated carbocycles. The maximum absolute atomic E-state index is 13.2. The molecule has 0 fully saturated rings. The first-order valence-corrected chi connectivity index (χ1v) is 10.1. The number of carbonyl (C=O) groups is 2. The molecule has 144 valence electrons. The third-order valence-corrected chi connectivity index (χ3v) is 6.06. The van der Waals surface area contributed by atoms with Gasteiger partial charge in [0.15, 0.2) is 5.78 Å². The number of rotatable bonds is 2. The number of allylic oxidation sites excluding steroid dienone is 2. The Kier molecular flexibility index (Phi) is 4.84. The number of para-hydroxylation sites is 1. The summed E-state index contributed by atoms with van der Waals surface area (Å²) in [4.78, 5) is 28.2. The number of nitrogens with zero attached hydrogens (tertiary/aromatic N) is 1. The third-order valence-electron chi connectivity index (χ3n) is 5.50. The summed E-state index contributed by atoms with van der Waals surface area (Å²) in [5.41, 5.74) is 2.90. The topological polar surface area (TPSA) is 37.4 Å². The van der Waals surface area contributed by atoms with E-state index < -0.39 is 0 Å². The molecule has 0 unspecified atom stereocenters. The monoisotopic (exact) mass is 413 g/mol. The van der Waals surface area contributed by atoms with Crippen molar-refractivity contribution < 1.29 is 9.59 Å². The molecule has 2 aromatic carbocycles. The van der Waals surface area contributed by atoms with E-state index in [0.29, 0.717) is 28.5 Å². The van der Waals surface area contributed by atoms with Crippen LogP contribution in [-0.2, 0) is 9.59 Å². The van der Waals surface area contributed by atoms with E-state index in [1.165, 1.54) is 0 Å². The summed E-state index contributed by atoms with van der Waals surface area (Å²) in [5.74, 6) is -0.266. The van der Waals surface area contributed by atoms with Gasteiger partial charge in [-0.15, -0.1) is 0 Å². The Morgan fingerprint density at radius 3 is 2.39 bits per heavy atom. The van der Waals surface area contributed by atoms with Gasteiger partial charge >= 0.3 is 0 Å². The van der Waals surface area contributed by atoms with Crippen LogP contribution in [0.15, 0.2) is 59.8 Å². The Bertz CT molecular complexity index is 995. The molecule has 5 heteroatoms. The van der Waals surface area contributed by atoms with Crippen molar-refractivity contribution in [2.45, 2.75) is 39.0 Å². The van der Waals surface area contributed by atoms with Crippen LogP contribution in [0.25, 0.3) is 0 Å². The van der Waals surface area contributed by atoms with Crippen molar-refractivity contribution in [3.05, 3.63) is 75.4 Å². The second-order valence-electron chi connectivity index (χ2n) is 8.29. The number of ketones is 1. The van der Waals surface area contributed by atoms with Crippen molar-refractivity contribution in [3.63, 3.8) is 0 Å². The summed E-state index contributed by atoms with van der Waals surface area (Å²) in [5, 5.41) is 1.02. The summed E-state index contributed by atoms with van der Waals surface area (Å²) < 4.78 is 0. The summed E-state index contributed by atoms with van der Waals surface area (Å²) in [6.07, 6.45) is 1.34. The van der Waals surface area contributed by atoms with Gasteiger partial charge in [-0.1, -0.05) is 61.3 Å². The van der Waals surface area contributed by atoms with Gasteiger partial charge in [0, 0.05) is 45.8 Å². The number of hydrogen-bond acceptors (Lipinski definition) is 2. The van der Waals surface area contributed by atoms with Crippen LogP contribution >= 0.6 is 23.2 Å². The largest absolute Gasteiger partial charge is 0.294 e. The predicted octanol–water partition coefficient (Wildman–Crippen LogP) is 6.16. The minimum absolute atomic E-state index is 0.0218. The number of anilines is 1. The van der Waals surface area contributed by atoms with Crippen molar-refractivity contribution in [1.82, 2.24) is 0 Å². The van der Waals surface area contributed by atoms with Gasteiger partial charge in [0.2, 0.25) is 5.91 Å². The molecule has 1 heterocycles. The second kappa shape index (κ2) is 7.06. The van der Waals surface area contributed by atoms with Crippen molar-refractivity contribution in [1.29, 1.82) is 0 Å². The Morgan fingerprint density at radius 1 is 1.00 bits per heavy atom. The molecule has 4 rings (SSSR count). The molecule has 0 saturated heterocycles. The van der Waals surface area contributed by atoms with Crippen LogP contribution in [-0.4, -0.2) is 11.7 Å². The lowest BCUT2D eigenvalue weighted by Crippen LogP contribution is -2.43. The van der Waals surface area contributed by atoms with Crippen LogP contribution < -0.4 is 4.90 Å². The zero-order valence-electron chi connectivity index (χ0n) is 15.8. The first-order chi connectivity index (χ1) is 13.3. The molecule has 2 aromatic rings. The van der Waals surface area contributed by atoms with Gasteiger partial charge in [-0.25, -0.2) is 0 Å². The molecular weight excluding hydrogens is 393 g/mol. The molecule has 0 radical (unpaired) electrons. The lowest BCUT2D eigenvalue weighted by Gasteiger charge is -2.43. The van der Waals surface area contributed by atoms with Crippen LogP contribution in [0.5, 0.6) is 0 Å². The van der Waals surface area contributed by atoms with E-state index in [0.717, 1.165) is 16.9 Å². The van der Waals surface area contributed by atoms with Crippen molar-refractivity contribution in [3.8, 4) is 0 Å². The number of amides is 1. The van der Waals surface area contributed by atoms with Gasteiger partial charge in [-0.05, 0) is 41.7 Å². The molecule has 1 aliphatic heterocycles. The van der Waals surface area contributed by atoms with Gasteiger partial charge in [-0.2, -0.15) is 0 Å². The van der Waals surface area contributed by atoms with Crippen LogP contribution in [0.4, 0.5) is 5.69 Å². The lowest BCUT2D eigenvalue weighted by molar-refractivity contribution is -0.121. The summed E-state index contributed by atoms with van der Waals surface area (Å²) in [6, 6.07) is 14.8. The summed E-state index contributed by atoms with van der Waals surface area (Å²) in [7, 11) is 0. The van der Waals surface area contributed by atoms with Crippen molar-refractivity contribution in [2.24, 2.45) is 5.41 Å². The van der Waals surface area contributed by atoms with Gasteiger partial charge in [0.05, 0.1) is 0 Å². The Hall–Kier alpha value is -2.10. The molecule has 0 aromatic heterocycles. The van der Waals surface area contributed by atoms with E-state index in [1.807, 2.05) is 36.4 Å². The fraction of sp³-hybridized carbons (Fsp3) is 0.304. The quantitative estimate of drug-likeness (QED) is 0.591. The van der Waals surface area contributed by atoms with Gasteiger partial charge in [-0.3, -0.25) is 14.5 Å². The van der Waals surface area contributed by atoms with Crippen LogP contribution in [0.3, 0.4) is 0 Å². The van der Waals surface area contributed by atoms with E-state index in [1.54, 1.807) is 17.0 Å². The van der Waals surface area contributed by atoms with Crippen molar-refractivity contribution >= 4 is 40.6 Å². The number of halogens is 2. The van der Waals surface area contributed by atoms with E-state index in [9.17, 15) is 9.59 Å². The number of hydrogen-bond donors (Lipinski definition) is 0. The van der Waals surface area contributed by atoms with E-state index >= 15 is 0 Å². The number of Topliss-reactive ketones (excluding diaryl/α,β-unsaturated/α-hetero) is 1. The minimum atomic E-state index is -0.337. The fourth-order valence-electron chi connectivity index (χ4n) is 4.34. The van der Waals surface area contributed by atoms with Crippen LogP contribution in [0.2, 0.25) is 10.0 Å². The van der Waals surface area contributed by atoms with E-state index in [-0.39, 0.29) is 29.4 Å². The standard InChI is InChI=1S/C23H21Cl2NO2/c1-23(2)12-19-22(20(27)13-23)17(16-9-8-14(24)10-18(16)25)11-21(28)26(19)15-6-4-3-5-7-15/h3-10,17H,11-13H2,1-2H3/t17-/m0/s1. The molecular formula is C23H21Cl2NO2. The Morgan fingerprint density at radius 2 is 1.71 bits per heavy atom. The highest BCUT2D eigenvalue weighted by molar-refractivity contribution is 6.35. The highest BCUT2D eigenvalue weighted by Crippen LogP contribution is 2.49. The molecule has 2 aliphatic rings. The molecule has 1 aliphatic carbocycles. The first-order valence-electron chi connectivity index (χ1n) is 9.36. The second-order valence-corrected chi connectivity index (χ2v) is 9.13. The molecule has 1 atom stereocenters. The number of carbonyl (C=O) groups excluding carboxylic acids is 2. The smallest absolute Gasteiger partial charge is 0.232 e. The maximum Gasteiger partial charge on any atom is 0.232 e. The highest BCUT2D eigenvalue weighted by atomic mass is 35.5. The molecule has 3 nitrogen and oxygen atoms in total. The molecule has 0 N–H and O–H groups in total. The summed E-state index contributed by atoms with van der Waals surface area (Å²) >= 11 is 12.5. The minimum Gasteiger partial charge on any atom is -0.294 e. The average Bonchev–Trinajstić information content (AvgIpc) is 2.60.